The zero-order valence-corrected chi connectivity index (χ0v) is 11.7. The first-order chi connectivity index (χ1) is 8.97. The van der Waals surface area contributed by atoms with Gasteiger partial charge in [-0.05, 0) is 38.6 Å². The number of nitrogens with one attached hydrogen (secondary N) is 1. The van der Waals surface area contributed by atoms with Gasteiger partial charge in [-0.2, -0.15) is 0 Å². The second-order valence-electron chi connectivity index (χ2n) is 5.26. The van der Waals surface area contributed by atoms with E-state index in [1.807, 2.05) is 6.92 Å². The molecule has 106 valence electrons. The summed E-state index contributed by atoms with van der Waals surface area (Å²) in [6, 6.07) is 2.31. The Labute approximate surface area is 113 Å². The number of hydrogen-bond acceptors (Lipinski definition) is 3. The maximum absolute atomic E-state index is 13.9. The van der Waals surface area contributed by atoms with Crippen LogP contribution in [0.25, 0.3) is 0 Å². The second-order valence-corrected chi connectivity index (χ2v) is 5.26. The van der Waals surface area contributed by atoms with Crippen molar-refractivity contribution < 1.29 is 8.78 Å². The van der Waals surface area contributed by atoms with Gasteiger partial charge in [-0.25, -0.2) is 19.2 Å². The highest BCUT2D eigenvalue weighted by molar-refractivity contribution is 5.27. The van der Waals surface area contributed by atoms with Crippen LogP contribution in [0.3, 0.4) is 0 Å². The van der Waals surface area contributed by atoms with Crippen molar-refractivity contribution in [2.75, 3.05) is 33.2 Å². The summed E-state index contributed by atoms with van der Waals surface area (Å²) < 4.78 is 27.4. The number of hydrazine groups is 1. The Morgan fingerprint density at radius 2 is 1.74 bits per heavy atom. The second kappa shape index (κ2) is 5.94. The lowest BCUT2D eigenvalue weighted by Crippen LogP contribution is -2.51. The first-order valence-electron chi connectivity index (χ1n) is 6.62. The first-order valence-corrected chi connectivity index (χ1v) is 6.62. The third kappa shape index (κ3) is 3.49. The first kappa shape index (κ1) is 14.4. The van der Waals surface area contributed by atoms with Crippen LogP contribution in [-0.4, -0.2) is 43.1 Å². The minimum atomic E-state index is -0.358. The van der Waals surface area contributed by atoms with Gasteiger partial charge in [0, 0.05) is 37.8 Å². The molecule has 1 saturated heterocycles. The molecule has 1 atom stereocenters. The molecule has 1 N–H and O–H groups in total. The highest BCUT2D eigenvalue weighted by Crippen LogP contribution is 2.21. The quantitative estimate of drug-likeness (QED) is 0.906. The molecule has 0 aliphatic carbocycles. The summed E-state index contributed by atoms with van der Waals surface area (Å²) in [6.45, 7) is 7.15. The fraction of sp³-hybridized carbons (Fsp3) is 0.571. The number of piperazine rings is 1. The predicted octanol–water partition coefficient (Wildman–Crippen LogP) is 2.09. The van der Waals surface area contributed by atoms with E-state index in [1.165, 1.54) is 12.1 Å². The molecule has 5 heteroatoms. The fourth-order valence-electron chi connectivity index (χ4n) is 2.27. The predicted molar refractivity (Wildman–Crippen MR) is 71.7 cm³/mol. The molecule has 3 nitrogen and oxygen atoms in total. The van der Waals surface area contributed by atoms with Crippen LogP contribution in [-0.2, 0) is 0 Å². The summed E-state index contributed by atoms with van der Waals surface area (Å²) >= 11 is 0. The van der Waals surface area contributed by atoms with Crippen molar-refractivity contribution in [1.29, 1.82) is 0 Å². The van der Waals surface area contributed by atoms with Crippen molar-refractivity contribution in [2.45, 2.75) is 19.9 Å². The molecule has 0 saturated carbocycles. The lowest BCUT2D eigenvalue weighted by Gasteiger charge is -2.34. The van der Waals surface area contributed by atoms with E-state index in [0.717, 1.165) is 26.2 Å². The molecular formula is C14H21F2N3. The van der Waals surface area contributed by atoms with Crippen molar-refractivity contribution in [1.82, 2.24) is 15.3 Å². The lowest BCUT2D eigenvalue weighted by molar-refractivity contribution is 0.0891. The van der Waals surface area contributed by atoms with Gasteiger partial charge >= 0.3 is 0 Å². The Morgan fingerprint density at radius 3 is 2.37 bits per heavy atom. The van der Waals surface area contributed by atoms with Gasteiger partial charge in [0.1, 0.15) is 11.6 Å². The number of benzene rings is 1. The summed E-state index contributed by atoms with van der Waals surface area (Å²) in [5, 5.41) is 2.07. The summed E-state index contributed by atoms with van der Waals surface area (Å²) in [5.74, 6) is -0.712. The van der Waals surface area contributed by atoms with Gasteiger partial charge in [0.2, 0.25) is 0 Å². The standard InChI is InChI=1S/C14H21F2N3/c1-10-8-14(16)12(9-13(10)15)11(2)17-19-6-4-18(3)5-7-19/h8-9,11,17H,4-7H2,1-3H3. The van der Waals surface area contributed by atoms with Crippen LogP contribution in [0.4, 0.5) is 8.78 Å². The van der Waals surface area contributed by atoms with E-state index in [2.05, 4.69) is 22.4 Å². The lowest BCUT2D eigenvalue weighted by atomic mass is 10.1. The summed E-state index contributed by atoms with van der Waals surface area (Å²) in [5.41, 5.74) is 3.96. The molecule has 2 rings (SSSR count). The molecular weight excluding hydrogens is 248 g/mol. The maximum Gasteiger partial charge on any atom is 0.128 e. The number of aryl methyl sites for hydroxylation is 1. The van der Waals surface area contributed by atoms with Gasteiger partial charge < -0.3 is 4.90 Å². The van der Waals surface area contributed by atoms with E-state index in [1.54, 1.807) is 6.92 Å². The average Bonchev–Trinajstić information content (AvgIpc) is 2.36. The topological polar surface area (TPSA) is 18.5 Å². The summed E-state index contributed by atoms with van der Waals surface area (Å²) in [4.78, 5) is 2.25. The minimum absolute atomic E-state index is 0.237. The van der Waals surface area contributed by atoms with Gasteiger partial charge in [-0.1, -0.05) is 0 Å². The molecule has 1 aliphatic heterocycles. The average molecular weight is 269 g/mol. The van der Waals surface area contributed by atoms with Crippen LogP contribution in [0.2, 0.25) is 0 Å². The number of hydrogen-bond donors (Lipinski definition) is 1. The number of rotatable bonds is 3. The fourth-order valence-corrected chi connectivity index (χ4v) is 2.27. The Morgan fingerprint density at radius 1 is 1.11 bits per heavy atom. The molecule has 19 heavy (non-hydrogen) atoms. The molecule has 1 aromatic rings. The van der Waals surface area contributed by atoms with E-state index < -0.39 is 0 Å². The number of halogens is 2. The van der Waals surface area contributed by atoms with Gasteiger partial charge in [-0.15, -0.1) is 0 Å². The van der Waals surface area contributed by atoms with Crippen molar-refractivity contribution in [3.63, 3.8) is 0 Å². The van der Waals surface area contributed by atoms with Crippen molar-refractivity contribution >= 4 is 0 Å². The third-order valence-electron chi connectivity index (χ3n) is 3.62. The maximum atomic E-state index is 13.9. The molecule has 0 spiro atoms. The monoisotopic (exact) mass is 269 g/mol. The zero-order chi connectivity index (χ0) is 14.0. The van der Waals surface area contributed by atoms with E-state index >= 15 is 0 Å². The SMILES string of the molecule is Cc1cc(F)c(C(C)NN2CCN(C)CC2)cc1F. The van der Waals surface area contributed by atoms with Crippen molar-refractivity contribution in [2.24, 2.45) is 0 Å². The summed E-state index contributed by atoms with van der Waals surface area (Å²) in [6.07, 6.45) is 0. The largest absolute Gasteiger partial charge is 0.304 e. The zero-order valence-electron chi connectivity index (χ0n) is 11.7. The Hall–Kier alpha value is -1.04. The third-order valence-corrected chi connectivity index (χ3v) is 3.62. The molecule has 0 bridgehead atoms. The van der Waals surface area contributed by atoms with E-state index in [9.17, 15) is 8.78 Å². The van der Waals surface area contributed by atoms with Crippen LogP contribution in [0.5, 0.6) is 0 Å². The Balaban J connectivity index is 2.03. The molecule has 1 aliphatic rings. The van der Waals surface area contributed by atoms with Crippen molar-refractivity contribution in [3.8, 4) is 0 Å². The summed E-state index contributed by atoms with van der Waals surface area (Å²) in [7, 11) is 2.08. The molecule has 0 radical (unpaired) electrons. The van der Waals surface area contributed by atoms with E-state index in [-0.39, 0.29) is 17.7 Å². The van der Waals surface area contributed by atoms with Gasteiger partial charge in [0.05, 0.1) is 0 Å². The van der Waals surface area contributed by atoms with E-state index in [0.29, 0.717) is 11.1 Å². The van der Waals surface area contributed by atoms with Crippen LogP contribution in [0.15, 0.2) is 12.1 Å². The van der Waals surface area contributed by atoms with Crippen LogP contribution in [0, 0.1) is 18.6 Å². The normalized spacial score (nSPS) is 19.6. The number of likely N-dealkylation sites (N-methyl/N-ethyl adjacent to an activating group) is 1. The molecule has 1 unspecified atom stereocenters. The van der Waals surface area contributed by atoms with Crippen LogP contribution in [0.1, 0.15) is 24.1 Å². The highest BCUT2D eigenvalue weighted by atomic mass is 19.1. The number of nitrogens with zero attached hydrogens (tertiary/aromatic N) is 2. The Bertz CT molecular complexity index is 443. The van der Waals surface area contributed by atoms with Crippen molar-refractivity contribution in [3.05, 3.63) is 34.9 Å². The van der Waals surface area contributed by atoms with Crippen LogP contribution >= 0.6 is 0 Å². The highest BCUT2D eigenvalue weighted by Gasteiger charge is 2.19. The Kier molecular flexibility index (Phi) is 4.50. The van der Waals surface area contributed by atoms with Crippen LogP contribution < -0.4 is 5.43 Å². The van der Waals surface area contributed by atoms with Gasteiger partial charge in [0.15, 0.2) is 0 Å². The van der Waals surface area contributed by atoms with E-state index in [4.69, 9.17) is 0 Å². The minimum Gasteiger partial charge on any atom is -0.304 e. The smallest absolute Gasteiger partial charge is 0.128 e. The molecule has 1 aromatic carbocycles. The van der Waals surface area contributed by atoms with Gasteiger partial charge in [-0.3, -0.25) is 0 Å². The molecule has 0 amide bonds. The molecule has 0 aromatic heterocycles. The molecule has 1 fully saturated rings. The molecule has 1 heterocycles. The van der Waals surface area contributed by atoms with Gasteiger partial charge in [0.25, 0.3) is 0 Å².